The van der Waals surface area contributed by atoms with E-state index in [0.29, 0.717) is 29.8 Å². The zero-order chi connectivity index (χ0) is 22.9. The first-order valence-corrected chi connectivity index (χ1v) is 10.4. The number of hydrogen-bond donors (Lipinski definition) is 1. The van der Waals surface area contributed by atoms with Crippen LogP contribution in [0.25, 0.3) is 21.9 Å². The number of carbonyl (C=O) groups excluding carboxylic acids is 1. The maximum atomic E-state index is 12.7. The summed E-state index contributed by atoms with van der Waals surface area (Å²) in [7, 11) is 1.34. The van der Waals surface area contributed by atoms with Gasteiger partial charge in [0.2, 0.25) is 5.95 Å². The van der Waals surface area contributed by atoms with Gasteiger partial charge in [-0.25, -0.2) is 9.78 Å². The second kappa shape index (κ2) is 8.23. The van der Waals surface area contributed by atoms with Crippen LogP contribution in [0.2, 0.25) is 0 Å². The van der Waals surface area contributed by atoms with Crippen LogP contribution < -0.4 is 11.3 Å². The number of benzene rings is 3. The number of methoxy groups -OCH3 is 1. The number of fused-ring (bicyclic) bond motifs is 2. The van der Waals surface area contributed by atoms with Gasteiger partial charge in [-0.15, -0.1) is 0 Å². The third-order valence-electron chi connectivity index (χ3n) is 5.65. The molecule has 0 aliphatic heterocycles. The molecule has 3 aromatic carbocycles. The Hall–Kier alpha value is -4.46. The number of carbonyl (C=O) groups is 1. The van der Waals surface area contributed by atoms with Crippen LogP contribution in [0, 0.1) is 0 Å². The predicted molar refractivity (Wildman–Crippen MR) is 126 cm³/mol. The molecule has 0 aliphatic rings. The van der Waals surface area contributed by atoms with Crippen molar-refractivity contribution in [1.82, 2.24) is 19.1 Å². The standard InChI is InChI=1S/C25H21N5O3/c1-33-24(32)19-10-6-16(7-11-19)13-29-15-27-22-21(29)23(31)28-25(26)30(22)14-17-8-9-18-4-2-3-5-20(18)12-17/h2-12,15H,13-14H2,1H3,(H2,26,28,31). The van der Waals surface area contributed by atoms with Crippen LogP contribution in [-0.4, -0.2) is 32.2 Å². The quantitative estimate of drug-likeness (QED) is 0.422. The molecule has 2 N–H and O–H groups in total. The van der Waals surface area contributed by atoms with Crippen molar-refractivity contribution in [2.24, 2.45) is 0 Å². The molecule has 0 spiro atoms. The number of rotatable bonds is 5. The zero-order valence-corrected chi connectivity index (χ0v) is 17.9. The summed E-state index contributed by atoms with van der Waals surface area (Å²) in [6.45, 7) is 0.833. The van der Waals surface area contributed by atoms with E-state index >= 15 is 0 Å². The highest BCUT2D eigenvalue weighted by Crippen LogP contribution is 2.20. The summed E-state index contributed by atoms with van der Waals surface area (Å²) >= 11 is 0. The minimum absolute atomic E-state index is 0.119. The maximum absolute atomic E-state index is 12.7. The molecule has 0 saturated carbocycles. The summed E-state index contributed by atoms with van der Waals surface area (Å²) < 4.78 is 8.23. The van der Waals surface area contributed by atoms with Gasteiger partial charge in [0.25, 0.3) is 0 Å². The fraction of sp³-hybridized carbons (Fsp3) is 0.120. The smallest absolute Gasteiger partial charge is 0.337 e. The minimum Gasteiger partial charge on any atom is -0.465 e. The van der Waals surface area contributed by atoms with E-state index in [1.54, 1.807) is 27.6 Å². The molecule has 5 aromatic rings. The monoisotopic (exact) mass is 439 g/mol. The van der Waals surface area contributed by atoms with Crippen molar-refractivity contribution in [2.75, 3.05) is 12.8 Å². The molecule has 5 rings (SSSR count). The van der Waals surface area contributed by atoms with Gasteiger partial charge in [0, 0.05) is 6.54 Å². The van der Waals surface area contributed by atoms with E-state index in [0.717, 1.165) is 21.9 Å². The summed E-state index contributed by atoms with van der Waals surface area (Å²) in [5, 5.41) is 2.28. The zero-order valence-electron chi connectivity index (χ0n) is 17.9. The lowest BCUT2D eigenvalue weighted by Gasteiger charge is -2.12. The molecule has 0 radical (unpaired) electrons. The lowest BCUT2D eigenvalue weighted by molar-refractivity contribution is 0.0600. The van der Waals surface area contributed by atoms with E-state index in [1.807, 2.05) is 30.3 Å². The summed E-state index contributed by atoms with van der Waals surface area (Å²) in [6, 6.07) is 21.3. The minimum atomic E-state index is -0.430. The largest absolute Gasteiger partial charge is 0.465 e. The van der Waals surface area contributed by atoms with E-state index < -0.39 is 11.5 Å². The van der Waals surface area contributed by atoms with E-state index in [2.05, 4.69) is 34.2 Å². The Labute approximate surface area is 188 Å². The topological polar surface area (TPSA) is 105 Å². The molecule has 0 saturated heterocycles. The number of nitrogens with zero attached hydrogens (tertiary/aromatic N) is 4. The first-order chi connectivity index (χ1) is 16.0. The summed E-state index contributed by atoms with van der Waals surface area (Å²) in [5.74, 6) is -0.278. The summed E-state index contributed by atoms with van der Waals surface area (Å²) in [4.78, 5) is 32.9. The van der Waals surface area contributed by atoms with E-state index in [4.69, 9.17) is 10.5 Å². The van der Waals surface area contributed by atoms with Gasteiger partial charge < -0.3 is 15.0 Å². The molecule has 164 valence electrons. The Morgan fingerprint density at radius 1 is 0.970 bits per heavy atom. The predicted octanol–water partition coefficient (Wildman–Crippen LogP) is 3.21. The molecule has 33 heavy (non-hydrogen) atoms. The van der Waals surface area contributed by atoms with Gasteiger partial charge in [0.15, 0.2) is 11.2 Å². The highest BCUT2D eigenvalue weighted by Gasteiger charge is 2.15. The van der Waals surface area contributed by atoms with Crippen molar-refractivity contribution in [1.29, 1.82) is 0 Å². The average molecular weight is 439 g/mol. The van der Waals surface area contributed by atoms with Gasteiger partial charge in [0.05, 0.1) is 25.5 Å². The molecule has 0 aliphatic carbocycles. The fourth-order valence-electron chi connectivity index (χ4n) is 3.97. The van der Waals surface area contributed by atoms with Crippen molar-refractivity contribution < 1.29 is 9.53 Å². The molecule has 0 fully saturated rings. The van der Waals surface area contributed by atoms with Crippen LogP contribution in [-0.2, 0) is 17.8 Å². The third kappa shape index (κ3) is 3.82. The summed E-state index contributed by atoms with van der Waals surface area (Å²) in [5.41, 5.74) is 8.94. The van der Waals surface area contributed by atoms with Crippen molar-refractivity contribution in [3.05, 3.63) is 100 Å². The van der Waals surface area contributed by atoms with Crippen LogP contribution in [0.1, 0.15) is 21.5 Å². The average Bonchev–Trinajstić information content (AvgIpc) is 3.25. The van der Waals surface area contributed by atoms with E-state index in [-0.39, 0.29) is 5.95 Å². The Bertz CT molecular complexity index is 1550. The van der Waals surface area contributed by atoms with Gasteiger partial charge in [-0.05, 0) is 40.1 Å². The number of imidazole rings is 1. The Kier molecular flexibility index (Phi) is 5.10. The Balaban J connectivity index is 1.51. The third-order valence-corrected chi connectivity index (χ3v) is 5.65. The number of anilines is 1. The molecular weight excluding hydrogens is 418 g/mol. The van der Waals surface area contributed by atoms with Crippen molar-refractivity contribution in [2.45, 2.75) is 13.1 Å². The first-order valence-electron chi connectivity index (χ1n) is 10.4. The molecular formula is C25H21N5O3. The Morgan fingerprint density at radius 2 is 1.70 bits per heavy atom. The second-order valence-electron chi connectivity index (χ2n) is 7.78. The molecule has 0 atom stereocenters. The van der Waals surface area contributed by atoms with Crippen LogP contribution in [0.5, 0.6) is 0 Å². The van der Waals surface area contributed by atoms with Crippen molar-refractivity contribution in [3.8, 4) is 0 Å². The SMILES string of the molecule is COC(=O)c1ccc(Cn2cnc3c2c(=O)nc(N)n3Cc2ccc3ccccc3c2)cc1. The van der Waals surface area contributed by atoms with Gasteiger partial charge in [-0.3, -0.25) is 9.36 Å². The van der Waals surface area contributed by atoms with Crippen LogP contribution in [0.4, 0.5) is 5.95 Å². The van der Waals surface area contributed by atoms with Crippen LogP contribution in [0.3, 0.4) is 0 Å². The summed E-state index contributed by atoms with van der Waals surface area (Å²) in [6.07, 6.45) is 1.61. The number of ether oxygens (including phenoxy) is 1. The van der Waals surface area contributed by atoms with Gasteiger partial charge >= 0.3 is 11.5 Å². The van der Waals surface area contributed by atoms with Crippen molar-refractivity contribution >= 4 is 33.9 Å². The Morgan fingerprint density at radius 3 is 2.45 bits per heavy atom. The maximum Gasteiger partial charge on any atom is 0.337 e. The number of esters is 1. The lowest BCUT2D eigenvalue weighted by Crippen LogP contribution is -2.20. The molecule has 8 heteroatoms. The van der Waals surface area contributed by atoms with Gasteiger partial charge in [0.1, 0.15) is 0 Å². The fourth-order valence-corrected chi connectivity index (χ4v) is 3.97. The second-order valence-corrected chi connectivity index (χ2v) is 7.78. The van der Waals surface area contributed by atoms with Gasteiger partial charge in [-0.1, -0.05) is 48.5 Å². The lowest BCUT2D eigenvalue weighted by atomic mass is 10.1. The van der Waals surface area contributed by atoms with Gasteiger partial charge in [-0.2, -0.15) is 4.98 Å². The number of aromatic nitrogens is 4. The molecule has 0 unspecified atom stereocenters. The van der Waals surface area contributed by atoms with Crippen LogP contribution >= 0.6 is 0 Å². The highest BCUT2D eigenvalue weighted by atomic mass is 16.5. The normalized spacial score (nSPS) is 11.2. The number of nitrogens with two attached hydrogens (primary N) is 1. The molecule has 0 bridgehead atoms. The van der Waals surface area contributed by atoms with Crippen molar-refractivity contribution in [3.63, 3.8) is 0 Å². The number of hydrogen-bond acceptors (Lipinski definition) is 6. The van der Waals surface area contributed by atoms with Crippen LogP contribution in [0.15, 0.2) is 77.9 Å². The van der Waals surface area contributed by atoms with E-state index in [1.165, 1.54) is 7.11 Å². The number of nitrogen functional groups attached to an aromatic ring is 1. The highest BCUT2D eigenvalue weighted by molar-refractivity contribution is 5.89. The molecule has 2 aromatic heterocycles. The molecule has 8 nitrogen and oxygen atoms in total. The van der Waals surface area contributed by atoms with E-state index in [9.17, 15) is 9.59 Å². The molecule has 0 amide bonds. The first kappa shape index (κ1) is 20.4. The molecule has 2 heterocycles.